The Morgan fingerprint density at radius 2 is 1.81 bits per heavy atom. The molecule has 1 atom stereocenters. The first-order valence-corrected chi connectivity index (χ1v) is 10.9. The first-order valence-electron chi connectivity index (χ1n) is 10.9. The number of anilines is 2. The van der Waals surface area contributed by atoms with E-state index in [0.29, 0.717) is 30.8 Å². The van der Waals surface area contributed by atoms with Crippen LogP contribution in [0.2, 0.25) is 0 Å². The van der Waals surface area contributed by atoms with Crippen molar-refractivity contribution >= 4 is 23.2 Å². The number of hydrogen-bond donors (Lipinski definition) is 1. The lowest BCUT2D eigenvalue weighted by atomic mass is 9.92. The minimum Gasteiger partial charge on any atom is -0.370 e. The van der Waals surface area contributed by atoms with Gasteiger partial charge in [-0.05, 0) is 49.1 Å². The minimum absolute atomic E-state index is 0.0373. The topological polar surface area (TPSA) is 52.7 Å². The number of carbonyl (C=O) groups is 2. The fourth-order valence-corrected chi connectivity index (χ4v) is 3.86. The predicted octanol–water partition coefficient (Wildman–Crippen LogP) is 4.61. The molecular formula is C25H32FN3O2. The lowest BCUT2D eigenvalue weighted by molar-refractivity contribution is -0.140. The summed E-state index contributed by atoms with van der Waals surface area (Å²) < 4.78 is 14.6. The van der Waals surface area contributed by atoms with Gasteiger partial charge in [0, 0.05) is 38.2 Å². The molecule has 2 aromatic rings. The summed E-state index contributed by atoms with van der Waals surface area (Å²) >= 11 is 0. The van der Waals surface area contributed by atoms with Gasteiger partial charge in [-0.15, -0.1) is 0 Å². The van der Waals surface area contributed by atoms with E-state index in [2.05, 4.69) is 5.32 Å². The van der Waals surface area contributed by atoms with E-state index in [4.69, 9.17) is 0 Å². The summed E-state index contributed by atoms with van der Waals surface area (Å²) in [4.78, 5) is 29.6. The Morgan fingerprint density at radius 3 is 2.42 bits per heavy atom. The Balaban J connectivity index is 1.82. The average Bonchev–Trinajstić information content (AvgIpc) is 2.71. The maximum atomic E-state index is 14.6. The number of rotatable bonds is 6. The van der Waals surface area contributed by atoms with Crippen molar-refractivity contribution in [1.29, 1.82) is 0 Å². The van der Waals surface area contributed by atoms with Gasteiger partial charge in [-0.1, -0.05) is 38.1 Å². The molecule has 166 valence electrons. The summed E-state index contributed by atoms with van der Waals surface area (Å²) in [6, 6.07) is 12.1. The van der Waals surface area contributed by atoms with Crippen molar-refractivity contribution in [1.82, 2.24) is 4.90 Å². The lowest BCUT2D eigenvalue weighted by Gasteiger charge is -2.36. The third kappa shape index (κ3) is 5.24. The zero-order chi connectivity index (χ0) is 22.7. The zero-order valence-corrected chi connectivity index (χ0v) is 19.0. The molecule has 3 rings (SSSR count). The summed E-state index contributed by atoms with van der Waals surface area (Å²) in [5.74, 6) is -0.524. The number of halogens is 1. The normalized spacial score (nSPS) is 15.7. The lowest BCUT2D eigenvalue weighted by Crippen LogP contribution is -2.50. The summed E-state index contributed by atoms with van der Waals surface area (Å²) in [6.07, 6.45) is 0.833. The smallest absolute Gasteiger partial charge is 0.247 e. The van der Waals surface area contributed by atoms with Crippen molar-refractivity contribution in [3.05, 3.63) is 59.4 Å². The molecule has 5 nitrogen and oxygen atoms in total. The van der Waals surface area contributed by atoms with E-state index < -0.39 is 11.9 Å². The highest BCUT2D eigenvalue weighted by atomic mass is 19.1. The van der Waals surface area contributed by atoms with Crippen LogP contribution in [0.1, 0.15) is 45.2 Å². The highest BCUT2D eigenvalue weighted by Gasteiger charge is 2.34. The van der Waals surface area contributed by atoms with E-state index in [0.717, 1.165) is 11.1 Å². The molecule has 1 aliphatic heterocycles. The third-order valence-electron chi connectivity index (χ3n) is 5.82. The van der Waals surface area contributed by atoms with Crippen LogP contribution >= 0.6 is 0 Å². The Labute approximate surface area is 184 Å². The monoisotopic (exact) mass is 425 g/mol. The van der Waals surface area contributed by atoms with Gasteiger partial charge < -0.3 is 15.1 Å². The standard InChI is InChI=1S/C25H32FN3O2/c1-16(2)12-24(30)29-15-19-9-7-6-8-18(19)13-23(29)25(31)27-20-10-11-22(21(26)14-20)28(5)17(3)4/h6-11,14,16-17,23H,12-13,15H2,1-5H3,(H,27,31). The molecule has 2 aromatic carbocycles. The fraction of sp³-hybridized carbons (Fsp3) is 0.440. The van der Waals surface area contributed by atoms with Crippen LogP contribution in [0, 0.1) is 11.7 Å². The molecule has 0 saturated carbocycles. The van der Waals surface area contributed by atoms with Crippen molar-refractivity contribution in [3.8, 4) is 0 Å². The SMILES string of the molecule is CC(C)CC(=O)N1Cc2ccccc2CC1C(=O)Nc1ccc(N(C)C(C)C)c(F)c1. The maximum absolute atomic E-state index is 14.6. The Hall–Kier alpha value is -2.89. The zero-order valence-electron chi connectivity index (χ0n) is 19.0. The second kappa shape index (κ2) is 9.50. The van der Waals surface area contributed by atoms with E-state index in [9.17, 15) is 14.0 Å². The van der Waals surface area contributed by atoms with Gasteiger partial charge in [0.2, 0.25) is 11.8 Å². The maximum Gasteiger partial charge on any atom is 0.247 e. The molecule has 2 amide bonds. The molecule has 0 saturated heterocycles. The summed E-state index contributed by atoms with van der Waals surface area (Å²) in [7, 11) is 1.83. The molecule has 0 aliphatic carbocycles. The van der Waals surface area contributed by atoms with Crippen LogP contribution in [-0.2, 0) is 22.6 Å². The largest absolute Gasteiger partial charge is 0.370 e. The molecule has 1 N–H and O–H groups in total. The molecular weight excluding hydrogens is 393 g/mol. The molecule has 1 unspecified atom stereocenters. The molecule has 0 fully saturated rings. The number of carbonyl (C=O) groups excluding carboxylic acids is 2. The Morgan fingerprint density at radius 1 is 1.13 bits per heavy atom. The number of benzene rings is 2. The highest BCUT2D eigenvalue weighted by molar-refractivity contribution is 5.97. The van der Waals surface area contributed by atoms with Gasteiger partial charge in [0.05, 0.1) is 5.69 Å². The van der Waals surface area contributed by atoms with Crippen LogP contribution in [0.15, 0.2) is 42.5 Å². The van der Waals surface area contributed by atoms with Crippen molar-refractivity contribution < 1.29 is 14.0 Å². The predicted molar refractivity (Wildman–Crippen MR) is 123 cm³/mol. The number of nitrogens with one attached hydrogen (secondary N) is 1. The first kappa shape index (κ1) is 22.8. The molecule has 1 aliphatic rings. The number of nitrogens with zero attached hydrogens (tertiary/aromatic N) is 2. The highest BCUT2D eigenvalue weighted by Crippen LogP contribution is 2.27. The molecule has 0 spiro atoms. The van der Waals surface area contributed by atoms with Crippen LogP contribution in [0.3, 0.4) is 0 Å². The number of fused-ring (bicyclic) bond motifs is 1. The Bertz CT molecular complexity index is 958. The van der Waals surface area contributed by atoms with Crippen LogP contribution in [0.4, 0.5) is 15.8 Å². The quantitative estimate of drug-likeness (QED) is 0.735. The molecule has 6 heteroatoms. The van der Waals surface area contributed by atoms with E-state index >= 15 is 0 Å². The van der Waals surface area contributed by atoms with Gasteiger partial charge in [0.25, 0.3) is 0 Å². The molecule has 31 heavy (non-hydrogen) atoms. The number of amides is 2. The average molecular weight is 426 g/mol. The van der Waals surface area contributed by atoms with E-state index in [-0.39, 0.29) is 23.8 Å². The van der Waals surface area contributed by atoms with Crippen molar-refractivity contribution in [2.45, 2.75) is 59.2 Å². The van der Waals surface area contributed by atoms with E-state index in [1.165, 1.54) is 6.07 Å². The van der Waals surface area contributed by atoms with Crippen LogP contribution in [0.5, 0.6) is 0 Å². The molecule has 0 bridgehead atoms. The van der Waals surface area contributed by atoms with Gasteiger partial charge in [-0.25, -0.2) is 4.39 Å². The van der Waals surface area contributed by atoms with Crippen molar-refractivity contribution in [2.24, 2.45) is 5.92 Å². The molecule has 0 aromatic heterocycles. The Kier molecular flexibility index (Phi) is 6.98. The summed E-state index contributed by atoms with van der Waals surface area (Å²) in [5, 5.41) is 2.83. The fourth-order valence-electron chi connectivity index (χ4n) is 3.86. The van der Waals surface area contributed by atoms with Gasteiger partial charge in [0.1, 0.15) is 11.9 Å². The first-order chi connectivity index (χ1) is 14.7. The van der Waals surface area contributed by atoms with Gasteiger partial charge >= 0.3 is 0 Å². The molecule has 0 radical (unpaired) electrons. The van der Waals surface area contributed by atoms with Crippen molar-refractivity contribution in [2.75, 3.05) is 17.3 Å². The second-order valence-electron chi connectivity index (χ2n) is 8.97. The van der Waals surface area contributed by atoms with Gasteiger partial charge in [0.15, 0.2) is 0 Å². The second-order valence-corrected chi connectivity index (χ2v) is 8.97. The summed E-state index contributed by atoms with van der Waals surface area (Å²) in [5.41, 5.74) is 3.00. The van der Waals surface area contributed by atoms with Crippen LogP contribution < -0.4 is 10.2 Å². The van der Waals surface area contributed by atoms with E-state index in [1.807, 2.05) is 63.9 Å². The third-order valence-corrected chi connectivity index (χ3v) is 5.82. The van der Waals surface area contributed by atoms with Crippen LogP contribution in [0.25, 0.3) is 0 Å². The summed E-state index contributed by atoms with van der Waals surface area (Å²) in [6.45, 7) is 8.36. The van der Waals surface area contributed by atoms with E-state index in [1.54, 1.807) is 17.0 Å². The van der Waals surface area contributed by atoms with Gasteiger partial charge in [-0.2, -0.15) is 0 Å². The minimum atomic E-state index is -0.623. The van der Waals surface area contributed by atoms with Gasteiger partial charge in [-0.3, -0.25) is 9.59 Å². The number of hydrogen-bond acceptors (Lipinski definition) is 3. The van der Waals surface area contributed by atoms with Crippen LogP contribution in [-0.4, -0.2) is 35.8 Å². The molecule has 1 heterocycles. The van der Waals surface area contributed by atoms with Crippen molar-refractivity contribution in [3.63, 3.8) is 0 Å².